The van der Waals surface area contributed by atoms with Crippen molar-refractivity contribution in [1.82, 2.24) is 5.32 Å². The Morgan fingerprint density at radius 2 is 1.81 bits per heavy atom. The smallest absolute Gasteiger partial charge is 0.329 e. The number of carboxylic acids is 1. The van der Waals surface area contributed by atoms with Gasteiger partial charge in [0.25, 0.3) is 5.91 Å². The van der Waals surface area contributed by atoms with Gasteiger partial charge in [-0.3, -0.25) is 4.79 Å². The van der Waals surface area contributed by atoms with Gasteiger partial charge in [0.2, 0.25) is 0 Å². The highest BCUT2D eigenvalue weighted by atomic mass is 32.2. The van der Waals surface area contributed by atoms with Crippen molar-refractivity contribution in [2.24, 2.45) is 0 Å². The first-order chi connectivity index (χ1) is 9.68. The summed E-state index contributed by atoms with van der Waals surface area (Å²) in [5, 5.41) is 11.6. The molecule has 1 amide bonds. The van der Waals surface area contributed by atoms with Crippen LogP contribution in [0.4, 0.5) is 0 Å². The Kier molecular flexibility index (Phi) is 5.11. The van der Waals surface area contributed by atoms with Gasteiger partial charge in [0.15, 0.2) is 9.84 Å². The Morgan fingerprint density at radius 1 is 1.24 bits per heavy atom. The minimum Gasteiger partial charge on any atom is -0.480 e. The highest BCUT2D eigenvalue weighted by Gasteiger charge is 2.34. The molecule has 0 aromatic heterocycles. The molecule has 0 spiro atoms. The predicted molar refractivity (Wildman–Crippen MR) is 78.0 cm³/mol. The van der Waals surface area contributed by atoms with Gasteiger partial charge in [-0.05, 0) is 25.5 Å². The van der Waals surface area contributed by atoms with E-state index in [0.29, 0.717) is 0 Å². The highest BCUT2D eigenvalue weighted by Crippen LogP contribution is 2.19. The molecule has 0 bridgehead atoms. The topological polar surface area (TPSA) is 101 Å². The fraction of sp³-hybridized carbons (Fsp3) is 0.429. The van der Waals surface area contributed by atoms with Gasteiger partial charge in [-0.15, -0.1) is 0 Å². The zero-order chi connectivity index (χ0) is 16.3. The van der Waals surface area contributed by atoms with Crippen LogP contribution in [0.5, 0.6) is 0 Å². The molecular formula is C14H19NO5S. The van der Waals surface area contributed by atoms with E-state index in [2.05, 4.69) is 5.32 Å². The van der Waals surface area contributed by atoms with E-state index in [9.17, 15) is 23.1 Å². The van der Waals surface area contributed by atoms with Gasteiger partial charge in [-0.2, -0.15) is 0 Å². The van der Waals surface area contributed by atoms with E-state index in [0.717, 1.165) is 0 Å². The molecule has 1 aromatic carbocycles. The SMILES string of the molecule is CCC(C)(NC(=O)c1ccccc1S(=O)(=O)CC)C(=O)O. The fourth-order valence-electron chi connectivity index (χ4n) is 1.69. The second kappa shape index (κ2) is 6.26. The molecule has 1 atom stereocenters. The van der Waals surface area contributed by atoms with Crippen LogP contribution in [0.15, 0.2) is 29.2 Å². The lowest BCUT2D eigenvalue weighted by Crippen LogP contribution is -2.51. The quantitative estimate of drug-likeness (QED) is 0.828. The summed E-state index contributed by atoms with van der Waals surface area (Å²) in [6.45, 7) is 4.49. The van der Waals surface area contributed by atoms with Crippen LogP contribution in [-0.4, -0.2) is 36.7 Å². The van der Waals surface area contributed by atoms with Crippen LogP contribution >= 0.6 is 0 Å². The van der Waals surface area contributed by atoms with Crippen LogP contribution in [0.1, 0.15) is 37.6 Å². The molecular weight excluding hydrogens is 294 g/mol. The van der Waals surface area contributed by atoms with E-state index in [1.807, 2.05) is 0 Å². The van der Waals surface area contributed by atoms with E-state index in [1.165, 1.54) is 38.1 Å². The molecule has 0 radical (unpaired) electrons. The molecule has 7 heteroatoms. The van der Waals surface area contributed by atoms with Crippen LogP contribution < -0.4 is 5.32 Å². The molecule has 1 aromatic rings. The molecule has 0 fully saturated rings. The van der Waals surface area contributed by atoms with Crippen molar-refractivity contribution in [3.63, 3.8) is 0 Å². The van der Waals surface area contributed by atoms with Crippen molar-refractivity contribution >= 4 is 21.7 Å². The summed E-state index contributed by atoms with van der Waals surface area (Å²) in [5.74, 6) is -2.02. The van der Waals surface area contributed by atoms with E-state index in [1.54, 1.807) is 6.92 Å². The second-order valence-electron chi connectivity index (χ2n) is 4.84. The number of benzene rings is 1. The molecule has 0 saturated heterocycles. The molecule has 0 aliphatic carbocycles. The van der Waals surface area contributed by atoms with E-state index < -0.39 is 27.3 Å². The zero-order valence-corrected chi connectivity index (χ0v) is 13.0. The Morgan fingerprint density at radius 3 is 2.29 bits per heavy atom. The third kappa shape index (κ3) is 3.60. The lowest BCUT2D eigenvalue weighted by Gasteiger charge is -2.25. The van der Waals surface area contributed by atoms with Crippen molar-refractivity contribution in [2.45, 2.75) is 37.6 Å². The monoisotopic (exact) mass is 313 g/mol. The molecule has 1 rings (SSSR count). The van der Waals surface area contributed by atoms with E-state index in [4.69, 9.17) is 0 Å². The number of sulfone groups is 1. The number of carbonyl (C=O) groups is 2. The van der Waals surface area contributed by atoms with Crippen molar-refractivity contribution in [3.8, 4) is 0 Å². The van der Waals surface area contributed by atoms with Gasteiger partial charge in [0.05, 0.1) is 16.2 Å². The van der Waals surface area contributed by atoms with Gasteiger partial charge < -0.3 is 10.4 Å². The Bertz CT molecular complexity index is 653. The maximum atomic E-state index is 12.3. The van der Waals surface area contributed by atoms with Gasteiger partial charge in [0.1, 0.15) is 5.54 Å². The summed E-state index contributed by atoms with van der Waals surface area (Å²) in [4.78, 5) is 23.4. The summed E-state index contributed by atoms with van der Waals surface area (Å²) in [5.41, 5.74) is -1.49. The van der Waals surface area contributed by atoms with Gasteiger partial charge in [0, 0.05) is 0 Å². The molecule has 1 unspecified atom stereocenters. The molecule has 0 aliphatic heterocycles. The average molecular weight is 313 g/mol. The normalized spacial score (nSPS) is 14.2. The number of carboxylic acid groups (broad SMARTS) is 1. The Labute approximate surface area is 124 Å². The van der Waals surface area contributed by atoms with Crippen LogP contribution in [0.2, 0.25) is 0 Å². The summed E-state index contributed by atoms with van der Waals surface area (Å²) < 4.78 is 24.0. The number of rotatable bonds is 6. The molecule has 0 heterocycles. The third-order valence-electron chi connectivity index (χ3n) is 3.42. The van der Waals surface area contributed by atoms with Crippen LogP contribution in [0.3, 0.4) is 0 Å². The Hall–Kier alpha value is -1.89. The lowest BCUT2D eigenvalue weighted by atomic mass is 9.98. The van der Waals surface area contributed by atoms with Gasteiger partial charge >= 0.3 is 5.97 Å². The first-order valence-corrected chi connectivity index (χ1v) is 8.21. The number of amides is 1. The molecule has 2 N–H and O–H groups in total. The molecule has 21 heavy (non-hydrogen) atoms. The number of hydrogen-bond donors (Lipinski definition) is 2. The third-order valence-corrected chi connectivity index (χ3v) is 5.20. The highest BCUT2D eigenvalue weighted by molar-refractivity contribution is 7.91. The maximum Gasteiger partial charge on any atom is 0.329 e. The summed E-state index contributed by atoms with van der Waals surface area (Å²) in [6, 6.07) is 5.77. The van der Waals surface area contributed by atoms with E-state index in [-0.39, 0.29) is 22.6 Å². The summed E-state index contributed by atoms with van der Waals surface area (Å²) in [7, 11) is -3.56. The Balaban J connectivity index is 3.24. The first kappa shape index (κ1) is 17.2. The zero-order valence-electron chi connectivity index (χ0n) is 12.2. The van der Waals surface area contributed by atoms with Crippen LogP contribution in [0.25, 0.3) is 0 Å². The maximum absolute atomic E-state index is 12.3. The van der Waals surface area contributed by atoms with Crippen molar-refractivity contribution in [1.29, 1.82) is 0 Å². The van der Waals surface area contributed by atoms with Crippen LogP contribution in [0, 0.1) is 0 Å². The average Bonchev–Trinajstić information content (AvgIpc) is 2.46. The number of nitrogens with one attached hydrogen (secondary N) is 1. The minimum absolute atomic E-state index is 0.0414. The van der Waals surface area contributed by atoms with Crippen molar-refractivity contribution in [2.75, 3.05) is 5.75 Å². The van der Waals surface area contributed by atoms with Gasteiger partial charge in [-0.25, -0.2) is 13.2 Å². The number of aliphatic carboxylic acids is 1. The molecule has 6 nitrogen and oxygen atoms in total. The van der Waals surface area contributed by atoms with Gasteiger partial charge in [-0.1, -0.05) is 26.0 Å². The summed E-state index contributed by atoms with van der Waals surface area (Å²) >= 11 is 0. The predicted octanol–water partition coefficient (Wildman–Crippen LogP) is 1.46. The minimum atomic E-state index is -3.56. The fourth-order valence-corrected chi connectivity index (χ4v) is 2.78. The molecule has 0 saturated carbocycles. The number of carbonyl (C=O) groups excluding carboxylic acids is 1. The first-order valence-electron chi connectivity index (χ1n) is 6.55. The van der Waals surface area contributed by atoms with Crippen molar-refractivity contribution in [3.05, 3.63) is 29.8 Å². The standard InChI is InChI=1S/C14H19NO5S/c1-4-14(3,13(17)18)15-12(16)10-8-6-7-9-11(10)21(19,20)5-2/h6-9H,4-5H2,1-3H3,(H,15,16)(H,17,18). The number of hydrogen-bond acceptors (Lipinski definition) is 4. The molecule has 116 valence electrons. The second-order valence-corrected chi connectivity index (χ2v) is 7.09. The van der Waals surface area contributed by atoms with Crippen molar-refractivity contribution < 1.29 is 23.1 Å². The largest absolute Gasteiger partial charge is 0.480 e. The van der Waals surface area contributed by atoms with Crippen LogP contribution in [-0.2, 0) is 14.6 Å². The molecule has 0 aliphatic rings. The lowest BCUT2D eigenvalue weighted by molar-refractivity contribution is -0.143. The summed E-state index contributed by atoms with van der Waals surface area (Å²) in [6.07, 6.45) is 0.177. The van der Waals surface area contributed by atoms with E-state index >= 15 is 0 Å².